The van der Waals surface area contributed by atoms with Crippen LogP contribution >= 0.6 is 0 Å². The fraction of sp³-hybridized carbons (Fsp3) is 0.650. The van der Waals surface area contributed by atoms with E-state index in [2.05, 4.69) is 41.8 Å². The van der Waals surface area contributed by atoms with Crippen molar-refractivity contribution < 1.29 is 4.74 Å². The van der Waals surface area contributed by atoms with Crippen molar-refractivity contribution in [1.29, 1.82) is 0 Å². The van der Waals surface area contributed by atoms with Crippen LogP contribution in [0.25, 0.3) is 0 Å². The average Bonchev–Trinajstić information content (AvgIpc) is 3.32. The van der Waals surface area contributed by atoms with Gasteiger partial charge in [0.2, 0.25) is 0 Å². The fourth-order valence-electron chi connectivity index (χ4n) is 4.08. The van der Waals surface area contributed by atoms with Crippen molar-refractivity contribution in [2.75, 3.05) is 13.1 Å². The summed E-state index contributed by atoms with van der Waals surface area (Å²) in [4.78, 5) is 4.81. The van der Waals surface area contributed by atoms with Crippen LogP contribution in [0.4, 0.5) is 0 Å². The minimum absolute atomic E-state index is 0.0276. The second-order valence-corrected chi connectivity index (χ2v) is 7.59. The summed E-state index contributed by atoms with van der Waals surface area (Å²) in [6, 6.07) is 8.79. The summed E-state index contributed by atoms with van der Waals surface area (Å²) in [5.41, 5.74) is 1.30. The fourth-order valence-corrected chi connectivity index (χ4v) is 4.08. The highest BCUT2D eigenvalue weighted by Gasteiger charge is 2.43. The van der Waals surface area contributed by atoms with E-state index in [0.29, 0.717) is 0 Å². The number of fused-ring (bicyclic) bond motifs is 1. The molecule has 4 heteroatoms. The van der Waals surface area contributed by atoms with Gasteiger partial charge in [0.1, 0.15) is 11.4 Å². The molecule has 1 heterocycles. The van der Waals surface area contributed by atoms with Gasteiger partial charge in [0.15, 0.2) is 5.96 Å². The normalized spacial score (nSPS) is 25.2. The minimum Gasteiger partial charge on any atom is -0.487 e. The number of hydrogen-bond acceptors (Lipinski definition) is 2. The molecule has 2 aliphatic carbocycles. The van der Waals surface area contributed by atoms with E-state index in [4.69, 9.17) is 9.73 Å². The summed E-state index contributed by atoms with van der Waals surface area (Å²) in [5.74, 6) is 2.82. The van der Waals surface area contributed by atoms with Gasteiger partial charge in [0.25, 0.3) is 0 Å². The lowest BCUT2D eigenvalue weighted by atomic mass is 9.86. The lowest BCUT2D eigenvalue weighted by Crippen LogP contribution is -2.46. The minimum atomic E-state index is 0.0276. The molecule has 0 aromatic heterocycles. The Labute approximate surface area is 145 Å². The number of nitrogens with zero attached hydrogens (tertiary/aromatic N) is 1. The molecule has 1 aromatic rings. The van der Waals surface area contributed by atoms with Crippen LogP contribution in [0.2, 0.25) is 0 Å². The van der Waals surface area contributed by atoms with Crippen LogP contribution in [-0.4, -0.2) is 24.7 Å². The van der Waals surface area contributed by atoms with Gasteiger partial charge in [0.05, 0.1) is 6.04 Å². The first kappa shape index (κ1) is 15.8. The van der Waals surface area contributed by atoms with Crippen LogP contribution in [0.15, 0.2) is 29.3 Å². The molecule has 24 heavy (non-hydrogen) atoms. The maximum Gasteiger partial charge on any atom is 0.191 e. The quantitative estimate of drug-likeness (QED) is 0.653. The number of para-hydroxylation sites is 1. The molecule has 2 N–H and O–H groups in total. The molecular formula is C20H29N3O. The molecule has 0 radical (unpaired) electrons. The summed E-state index contributed by atoms with van der Waals surface area (Å²) in [6.45, 7) is 3.97. The third kappa shape index (κ3) is 3.38. The second-order valence-electron chi connectivity index (χ2n) is 7.59. The zero-order valence-electron chi connectivity index (χ0n) is 14.7. The number of guanidine groups is 1. The third-order valence-electron chi connectivity index (χ3n) is 5.57. The molecule has 1 aromatic carbocycles. The number of benzene rings is 1. The van der Waals surface area contributed by atoms with Gasteiger partial charge in [-0.15, -0.1) is 0 Å². The number of ether oxygens (including phenoxy) is 1. The van der Waals surface area contributed by atoms with Crippen LogP contribution < -0.4 is 15.4 Å². The summed E-state index contributed by atoms with van der Waals surface area (Å²) in [7, 11) is 0. The lowest BCUT2D eigenvalue weighted by Gasteiger charge is -2.40. The van der Waals surface area contributed by atoms with Crippen LogP contribution in [0.5, 0.6) is 5.75 Å². The van der Waals surface area contributed by atoms with Crippen molar-refractivity contribution in [1.82, 2.24) is 10.6 Å². The standard InChI is InChI=1S/C20H29N3O/c1-2-21-19(22-14-15-9-10-15)23-17-13-20(11-5-6-12-20)24-18-8-4-3-7-16(17)18/h3-4,7-8,15,17H,2,5-6,9-14H2,1H3,(H2,21,22,23). The Morgan fingerprint density at radius 2 is 2.04 bits per heavy atom. The van der Waals surface area contributed by atoms with Crippen LogP contribution in [0, 0.1) is 5.92 Å². The predicted octanol–water partition coefficient (Wildman–Crippen LogP) is 3.79. The summed E-state index contributed by atoms with van der Waals surface area (Å²) in [6.07, 6.45) is 8.64. The maximum absolute atomic E-state index is 6.46. The Morgan fingerprint density at radius 3 is 2.79 bits per heavy atom. The summed E-state index contributed by atoms with van der Waals surface area (Å²) < 4.78 is 6.46. The SMILES string of the molecule is CCNC(=NCC1CC1)NC1CC2(CCCC2)Oc2ccccc21. The zero-order chi connectivity index (χ0) is 16.4. The second kappa shape index (κ2) is 6.66. The van der Waals surface area contributed by atoms with Crippen molar-refractivity contribution in [3.05, 3.63) is 29.8 Å². The van der Waals surface area contributed by atoms with Crippen molar-refractivity contribution in [2.24, 2.45) is 10.9 Å². The highest BCUT2D eigenvalue weighted by atomic mass is 16.5. The molecule has 0 saturated heterocycles. The molecule has 130 valence electrons. The predicted molar refractivity (Wildman–Crippen MR) is 97.5 cm³/mol. The molecule has 1 atom stereocenters. The molecule has 0 bridgehead atoms. The molecule has 1 spiro atoms. The molecule has 1 unspecified atom stereocenters. The number of hydrogen-bond donors (Lipinski definition) is 2. The monoisotopic (exact) mass is 327 g/mol. The van der Waals surface area contributed by atoms with Gasteiger partial charge in [-0.1, -0.05) is 18.2 Å². The van der Waals surface area contributed by atoms with E-state index >= 15 is 0 Å². The molecule has 1 aliphatic heterocycles. The third-order valence-corrected chi connectivity index (χ3v) is 5.57. The van der Waals surface area contributed by atoms with E-state index in [1.807, 2.05) is 0 Å². The van der Waals surface area contributed by atoms with E-state index in [-0.39, 0.29) is 11.6 Å². The maximum atomic E-state index is 6.46. The lowest BCUT2D eigenvalue weighted by molar-refractivity contribution is 0.0396. The van der Waals surface area contributed by atoms with Gasteiger partial charge >= 0.3 is 0 Å². The van der Waals surface area contributed by atoms with Gasteiger partial charge in [-0.3, -0.25) is 4.99 Å². The number of rotatable bonds is 4. The topological polar surface area (TPSA) is 45.7 Å². The Kier molecular flexibility index (Phi) is 4.38. The van der Waals surface area contributed by atoms with E-state index in [0.717, 1.165) is 37.1 Å². The van der Waals surface area contributed by atoms with Gasteiger partial charge in [-0.25, -0.2) is 0 Å². The zero-order valence-corrected chi connectivity index (χ0v) is 14.7. The first-order valence-electron chi connectivity index (χ1n) is 9.61. The Hall–Kier alpha value is -1.71. The first-order chi connectivity index (χ1) is 11.8. The molecule has 2 fully saturated rings. The largest absolute Gasteiger partial charge is 0.487 e. The molecule has 4 nitrogen and oxygen atoms in total. The molecular weight excluding hydrogens is 298 g/mol. The van der Waals surface area contributed by atoms with Gasteiger partial charge in [-0.05, 0) is 57.4 Å². The van der Waals surface area contributed by atoms with Crippen molar-refractivity contribution in [2.45, 2.75) is 63.5 Å². The summed E-state index contributed by atoms with van der Waals surface area (Å²) in [5, 5.41) is 7.13. The van der Waals surface area contributed by atoms with Gasteiger partial charge in [-0.2, -0.15) is 0 Å². The van der Waals surface area contributed by atoms with Crippen LogP contribution in [0.1, 0.15) is 63.5 Å². The van der Waals surface area contributed by atoms with E-state index < -0.39 is 0 Å². The number of nitrogens with one attached hydrogen (secondary N) is 2. The van der Waals surface area contributed by atoms with Crippen LogP contribution in [0.3, 0.4) is 0 Å². The van der Waals surface area contributed by atoms with Gasteiger partial charge < -0.3 is 15.4 Å². The smallest absolute Gasteiger partial charge is 0.191 e. The molecule has 0 amide bonds. The highest BCUT2D eigenvalue weighted by molar-refractivity contribution is 5.80. The highest BCUT2D eigenvalue weighted by Crippen LogP contribution is 2.46. The average molecular weight is 327 g/mol. The van der Waals surface area contributed by atoms with E-state index in [1.165, 1.54) is 44.1 Å². The van der Waals surface area contributed by atoms with E-state index in [1.54, 1.807) is 0 Å². The van der Waals surface area contributed by atoms with Crippen molar-refractivity contribution >= 4 is 5.96 Å². The van der Waals surface area contributed by atoms with E-state index in [9.17, 15) is 0 Å². The van der Waals surface area contributed by atoms with Gasteiger partial charge in [0, 0.05) is 25.1 Å². The molecule has 2 saturated carbocycles. The Balaban J connectivity index is 1.56. The molecule has 4 rings (SSSR count). The Morgan fingerprint density at radius 1 is 1.25 bits per heavy atom. The number of aliphatic imine (C=N–C) groups is 1. The Bertz CT molecular complexity index is 603. The van der Waals surface area contributed by atoms with Crippen molar-refractivity contribution in [3.8, 4) is 5.75 Å². The first-order valence-corrected chi connectivity index (χ1v) is 9.61. The molecule has 3 aliphatic rings. The summed E-state index contributed by atoms with van der Waals surface area (Å²) >= 11 is 0. The van der Waals surface area contributed by atoms with Crippen molar-refractivity contribution in [3.63, 3.8) is 0 Å². The van der Waals surface area contributed by atoms with Crippen LogP contribution in [-0.2, 0) is 0 Å².